The van der Waals surface area contributed by atoms with Gasteiger partial charge >= 0.3 is 0 Å². The summed E-state index contributed by atoms with van der Waals surface area (Å²) in [5.74, 6) is 1.69. The fourth-order valence-electron chi connectivity index (χ4n) is 4.48. The van der Waals surface area contributed by atoms with Crippen LogP contribution in [0.2, 0.25) is 0 Å². The van der Waals surface area contributed by atoms with Crippen LogP contribution in [0, 0.1) is 5.92 Å². The van der Waals surface area contributed by atoms with Crippen LogP contribution in [0.3, 0.4) is 0 Å². The summed E-state index contributed by atoms with van der Waals surface area (Å²) in [6.07, 6.45) is 18.9. The van der Waals surface area contributed by atoms with Gasteiger partial charge in [0.15, 0.2) is 5.11 Å². The van der Waals surface area contributed by atoms with Crippen LogP contribution in [-0.4, -0.2) is 32.4 Å². The van der Waals surface area contributed by atoms with Crippen LogP contribution in [0.15, 0.2) is 0 Å². The van der Waals surface area contributed by atoms with Gasteiger partial charge in [0.2, 0.25) is 0 Å². The van der Waals surface area contributed by atoms with Crippen LogP contribution < -0.4 is 10.6 Å². The minimum atomic E-state index is 0.519. The second kappa shape index (κ2) is 14.5. The summed E-state index contributed by atoms with van der Waals surface area (Å²) in [7, 11) is 0. The molecular formula is C22H40N2S4. The number of rotatable bonds is 16. The van der Waals surface area contributed by atoms with E-state index in [1.807, 2.05) is 0 Å². The topological polar surface area (TPSA) is 24.1 Å². The van der Waals surface area contributed by atoms with E-state index in [-0.39, 0.29) is 0 Å². The standard InChI is InChI=1S/C22H40N2S4/c1-2-3-4-5-6-7-8-9-10-11-13-17(21(25)26)14-12-15-19-20-18(16-28-19)23-22(27)24-20/h17-20H,2-16H2,1H3,(H,25,26)(H2,23,24,27)/t17?,18-,19-,20-/m0/s1. The molecule has 0 aromatic rings. The number of hydrogen-bond acceptors (Lipinski definition) is 3. The molecule has 0 radical (unpaired) electrons. The molecule has 162 valence electrons. The van der Waals surface area contributed by atoms with Crippen molar-refractivity contribution >= 4 is 58.1 Å². The molecule has 2 rings (SSSR count). The zero-order chi connectivity index (χ0) is 20.2. The molecule has 0 spiro atoms. The lowest BCUT2D eigenvalue weighted by Crippen LogP contribution is -2.36. The van der Waals surface area contributed by atoms with Crippen molar-refractivity contribution in [1.82, 2.24) is 10.6 Å². The number of hydrogen-bond donors (Lipinski definition) is 3. The average Bonchev–Trinajstić information content (AvgIpc) is 3.21. The quantitative estimate of drug-likeness (QED) is 0.136. The van der Waals surface area contributed by atoms with Gasteiger partial charge in [-0.15, -0.1) is 12.6 Å². The van der Waals surface area contributed by atoms with Crippen molar-refractivity contribution in [2.24, 2.45) is 5.92 Å². The number of nitrogens with one attached hydrogen (secondary N) is 2. The summed E-state index contributed by atoms with van der Waals surface area (Å²) in [5, 5.41) is 8.38. The van der Waals surface area contributed by atoms with Gasteiger partial charge in [-0.3, -0.25) is 0 Å². The molecular weight excluding hydrogens is 421 g/mol. The molecule has 4 atom stereocenters. The first-order valence-corrected chi connectivity index (χ1v) is 13.8. The van der Waals surface area contributed by atoms with Gasteiger partial charge in [-0.2, -0.15) is 11.8 Å². The Labute approximate surface area is 193 Å². The summed E-state index contributed by atoms with van der Waals surface area (Å²) < 4.78 is 0.926. The Morgan fingerprint density at radius 2 is 1.61 bits per heavy atom. The Bertz CT molecular complexity index is 471. The van der Waals surface area contributed by atoms with E-state index < -0.39 is 0 Å². The average molecular weight is 461 g/mol. The van der Waals surface area contributed by atoms with E-state index >= 15 is 0 Å². The van der Waals surface area contributed by atoms with Crippen LogP contribution in [0.1, 0.15) is 96.8 Å². The monoisotopic (exact) mass is 460 g/mol. The largest absolute Gasteiger partial charge is 0.357 e. The zero-order valence-electron chi connectivity index (χ0n) is 17.6. The lowest BCUT2D eigenvalue weighted by molar-refractivity contribution is 0.473. The molecule has 2 N–H and O–H groups in total. The highest BCUT2D eigenvalue weighted by molar-refractivity contribution is 8.11. The number of unbranched alkanes of at least 4 members (excludes halogenated alkanes) is 9. The van der Waals surface area contributed by atoms with Gasteiger partial charge < -0.3 is 10.6 Å². The van der Waals surface area contributed by atoms with Crippen molar-refractivity contribution in [3.8, 4) is 0 Å². The highest BCUT2D eigenvalue weighted by atomic mass is 32.2. The molecule has 0 bridgehead atoms. The first-order chi connectivity index (χ1) is 13.6. The second-order valence-corrected chi connectivity index (χ2v) is 11.5. The summed E-state index contributed by atoms with van der Waals surface area (Å²) in [6, 6.07) is 1.07. The van der Waals surface area contributed by atoms with Crippen molar-refractivity contribution in [3.05, 3.63) is 0 Å². The molecule has 2 fully saturated rings. The second-order valence-electron chi connectivity index (χ2n) is 8.56. The third-order valence-electron chi connectivity index (χ3n) is 6.23. The maximum absolute atomic E-state index is 5.44. The van der Waals surface area contributed by atoms with E-state index in [1.54, 1.807) is 0 Å². The molecule has 28 heavy (non-hydrogen) atoms. The first-order valence-electron chi connectivity index (χ1n) is 11.5. The van der Waals surface area contributed by atoms with Crippen molar-refractivity contribution in [3.63, 3.8) is 0 Å². The Kier molecular flexibility index (Phi) is 12.8. The Hall–Kier alpha value is 0.480. The van der Waals surface area contributed by atoms with Gasteiger partial charge in [-0.05, 0) is 37.4 Å². The van der Waals surface area contributed by atoms with Crippen LogP contribution >= 0.6 is 48.8 Å². The van der Waals surface area contributed by atoms with Crippen LogP contribution in [0.5, 0.6) is 0 Å². The van der Waals surface area contributed by atoms with E-state index in [9.17, 15) is 0 Å². The number of thiol groups is 1. The highest BCUT2D eigenvalue weighted by Gasteiger charge is 2.41. The lowest BCUT2D eigenvalue weighted by Gasteiger charge is -2.19. The fourth-order valence-corrected chi connectivity index (χ4v) is 6.80. The lowest BCUT2D eigenvalue weighted by atomic mass is 9.94. The summed E-state index contributed by atoms with van der Waals surface area (Å²) in [5.41, 5.74) is 0. The van der Waals surface area contributed by atoms with Gasteiger partial charge in [0.1, 0.15) is 0 Å². The Balaban J connectivity index is 1.50. The predicted octanol–water partition coefficient (Wildman–Crippen LogP) is 6.67. The fraction of sp³-hybridized carbons (Fsp3) is 0.909. The zero-order valence-corrected chi connectivity index (χ0v) is 20.9. The van der Waals surface area contributed by atoms with Gasteiger partial charge in [0.05, 0.1) is 12.1 Å². The van der Waals surface area contributed by atoms with E-state index in [0.29, 0.717) is 23.3 Å². The van der Waals surface area contributed by atoms with Crippen LogP contribution in [0.25, 0.3) is 0 Å². The van der Waals surface area contributed by atoms with Gasteiger partial charge in [-0.25, -0.2) is 0 Å². The molecule has 2 nitrogen and oxygen atoms in total. The Morgan fingerprint density at radius 1 is 1.00 bits per heavy atom. The molecule has 0 aromatic carbocycles. The molecule has 0 aromatic heterocycles. The van der Waals surface area contributed by atoms with E-state index in [0.717, 1.165) is 9.31 Å². The van der Waals surface area contributed by atoms with Crippen LogP contribution in [0.4, 0.5) is 0 Å². The molecule has 1 unspecified atom stereocenters. The molecule has 0 aliphatic carbocycles. The maximum Gasteiger partial charge on any atom is 0.166 e. The van der Waals surface area contributed by atoms with E-state index in [4.69, 9.17) is 24.4 Å². The molecule has 2 aliphatic rings. The summed E-state index contributed by atoms with van der Waals surface area (Å²) in [6.45, 7) is 2.28. The normalized spacial score (nSPS) is 24.6. The SMILES string of the molecule is CCCCCCCCCCCCC(CCC[C@@H]1SC[C@@H]2NC(=S)N[C@@H]21)C(=S)S. The molecule has 6 heteroatoms. The molecule has 0 amide bonds. The molecule has 2 aliphatic heterocycles. The Morgan fingerprint density at radius 3 is 2.25 bits per heavy atom. The number of fused-ring (bicyclic) bond motifs is 1. The first kappa shape index (κ1) is 24.7. The molecule has 2 heterocycles. The third kappa shape index (κ3) is 9.09. The molecule has 0 saturated carbocycles. The van der Waals surface area contributed by atoms with Gasteiger partial charge in [0.25, 0.3) is 0 Å². The minimum absolute atomic E-state index is 0.519. The van der Waals surface area contributed by atoms with E-state index in [2.05, 4.69) is 41.9 Å². The predicted molar refractivity (Wildman–Crippen MR) is 138 cm³/mol. The third-order valence-corrected chi connectivity index (χ3v) is 8.68. The van der Waals surface area contributed by atoms with Gasteiger partial charge in [0, 0.05) is 15.2 Å². The maximum atomic E-state index is 5.44. The summed E-state index contributed by atoms with van der Waals surface area (Å²) in [4.78, 5) is 0. The minimum Gasteiger partial charge on any atom is -0.357 e. The van der Waals surface area contributed by atoms with Crippen molar-refractivity contribution < 1.29 is 0 Å². The van der Waals surface area contributed by atoms with Crippen molar-refractivity contribution in [1.29, 1.82) is 0 Å². The van der Waals surface area contributed by atoms with Gasteiger partial charge in [-0.1, -0.05) is 89.8 Å². The number of thiocarbonyl (C=S) groups is 2. The highest BCUT2D eigenvalue weighted by Crippen LogP contribution is 2.34. The number of thioether (sulfide) groups is 1. The van der Waals surface area contributed by atoms with Crippen LogP contribution in [-0.2, 0) is 0 Å². The van der Waals surface area contributed by atoms with Crippen molar-refractivity contribution in [2.45, 2.75) is 114 Å². The van der Waals surface area contributed by atoms with Crippen molar-refractivity contribution in [2.75, 3.05) is 5.75 Å². The summed E-state index contributed by atoms with van der Waals surface area (Å²) >= 11 is 17.3. The van der Waals surface area contributed by atoms with E-state index in [1.165, 1.54) is 95.6 Å². The molecule has 2 saturated heterocycles. The smallest absolute Gasteiger partial charge is 0.166 e.